The number of hydrogen-bond acceptors (Lipinski definition) is 10. The minimum absolute atomic E-state index is 0.292. The lowest BCUT2D eigenvalue weighted by atomic mass is 9.78. The van der Waals surface area contributed by atoms with Crippen LogP contribution in [0.15, 0.2) is 82.3 Å². The molecule has 2 aliphatic carbocycles. The molecule has 14 heteroatoms. The third-order valence-electron chi connectivity index (χ3n) is 14.1. The first-order chi connectivity index (χ1) is 28.2. The van der Waals surface area contributed by atoms with Crippen molar-refractivity contribution in [3.05, 3.63) is 84.6 Å². The van der Waals surface area contributed by atoms with E-state index in [1.807, 2.05) is 24.3 Å². The number of para-hydroxylation sites is 2. The van der Waals surface area contributed by atoms with Gasteiger partial charge in [0.25, 0.3) is 12.0 Å². The monoisotopic (exact) mass is 806 g/mol. The van der Waals surface area contributed by atoms with Crippen molar-refractivity contribution in [2.24, 2.45) is 10.8 Å². The van der Waals surface area contributed by atoms with Gasteiger partial charge in [0.05, 0.1) is 12.4 Å². The number of aromatic nitrogens is 2. The molecule has 0 unspecified atom stereocenters. The summed E-state index contributed by atoms with van der Waals surface area (Å²) in [6.45, 7) is 2.72. The lowest BCUT2D eigenvalue weighted by Gasteiger charge is -2.48. The molecule has 0 bridgehead atoms. The predicted octanol–water partition coefficient (Wildman–Crippen LogP) is 9.03. The SMILES string of the molecule is FC(F)Oc1ccccc1C1CCN([C@@H]2CCC3(C2)CN(c2ncco2)C3)CC1.FC(F)Oc1ccccc1C1CCN([C@H]2CCC3(C2)CN(c2ncco2)C3)CC1. The van der Waals surface area contributed by atoms with Gasteiger partial charge in [0, 0.05) is 49.1 Å². The molecule has 4 aromatic rings. The van der Waals surface area contributed by atoms with E-state index in [0.29, 0.717) is 46.2 Å². The molecule has 312 valence electrons. The van der Waals surface area contributed by atoms with E-state index in [9.17, 15) is 17.6 Å². The number of halogens is 4. The normalized spacial score (nSPS) is 24.9. The molecule has 4 aliphatic heterocycles. The van der Waals surface area contributed by atoms with Crippen LogP contribution in [-0.4, -0.2) is 97.4 Å². The summed E-state index contributed by atoms with van der Waals surface area (Å²) in [5.41, 5.74) is 2.67. The Morgan fingerprint density at radius 3 is 1.33 bits per heavy atom. The highest BCUT2D eigenvalue weighted by Gasteiger charge is 2.52. The Morgan fingerprint density at radius 1 is 0.569 bits per heavy atom. The average molecular weight is 807 g/mol. The number of benzene rings is 2. The van der Waals surface area contributed by atoms with E-state index in [1.54, 1.807) is 49.2 Å². The molecular weight excluding hydrogens is 753 g/mol. The van der Waals surface area contributed by atoms with Crippen LogP contribution in [0.3, 0.4) is 0 Å². The molecule has 6 fully saturated rings. The number of oxazole rings is 2. The molecule has 0 amide bonds. The van der Waals surface area contributed by atoms with Gasteiger partial charge < -0.3 is 37.9 Å². The van der Waals surface area contributed by atoms with Gasteiger partial charge in [-0.2, -0.15) is 17.6 Å². The van der Waals surface area contributed by atoms with Crippen LogP contribution in [0.4, 0.5) is 29.6 Å². The molecule has 2 aromatic carbocycles. The van der Waals surface area contributed by atoms with Crippen LogP contribution < -0.4 is 19.3 Å². The standard InChI is InChI=1S/2C22H27F2N3O2/c2*23-20(24)29-19-4-2-1-3-18(19)16-6-10-26(11-7-16)17-5-8-22(13-17)14-27(15-22)21-25-9-12-28-21/h2*1-4,9,12,16-17,20H,5-8,10-11,13-15H2/t2*17-/m10/s1. The summed E-state index contributed by atoms with van der Waals surface area (Å²) >= 11 is 0. The number of nitrogens with zero attached hydrogens (tertiary/aromatic N) is 6. The van der Waals surface area contributed by atoms with Gasteiger partial charge in [-0.3, -0.25) is 0 Å². The highest BCUT2D eigenvalue weighted by Crippen LogP contribution is 2.50. The van der Waals surface area contributed by atoms with Crippen molar-refractivity contribution in [3.63, 3.8) is 0 Å². The van der Waals surface area contributed by atoms with Gasteiger partial charge >= 0.3 is 13.2 Å². The van der Waals surface area contributed by atoms with E-state index in [4.69, 9.17) is 18.3 Å². The summed E-state index contributed by atoms with van der Waals surface area (Å²) in [4.78, 5) is 18.2. The van der Waals surface area contributed by atoms with Crippen LogP contribution in [0.1, 0.15) is 87.2 Å². The smallest absolute Gasteiger partial charge is 0.387 e. The first-order valence-corrected chi connectivity index (χ1v) is 21.1. The van der Waals surface area contributed by atoms with E-state index in [2.05, 4.69) is 29.6 Å². The van der Waals surface area contributed by atoms with Crippen LogP contribution >= 0.6 is 0 Å². The second kappa shape index (κ2) is 16.8. The lowest BCUT2D eigenvalue weighted by molar-refractivity contribution is -0.0515. The van der Waals surface area contributed by atoms with Gasteiger partial charge in [-0.15, -0.1) is 0 Å². The molecule has 2 spiro atoms. The number of likely N-dealkylation sites (tertiary alicyclic amines) is 2. The van der Waals surface area contributed by atoms with E-state index in [-0.39, 0.29) is 0 Å². The van der Waals surface area contributed by atoms with Crippen LogP contribution in [0, 0.1) is 10.8 Å². The van der Waals surface area contributed by atoms with E-state index >= 15 is 0 Å². The highest BCUT2D eigenvalue weighted by atomic mass is 19.3. The minimum atomic E-state index is -2.77. The Kier molecular flexibility index (Phi) is 11.3. The molecule has 6 aliphatic rings. The summed E-state index contributed by atoms with van der Waals surface area (Å²) in [6, 6.07) is 17.3. The maximum Gasteiger partial charge on any atom is 0.387 e. The summed E-state index contributed by atoms with van der Waals surface area (Å²) in [7, 11) is 0. The molecule has 6 heterocycles. The zero-order valence-corrected chi connectivity index (χ0v) is 32.9. The molecule has 4 saturated heterocycles. The van der Waals surface area contributed by atoms with Crippen LogP contribution in [-0.2, 0) is 0 Å². The average Bonchev–Trinajstić information content (AvgIpc) is 4.05. The number of alkyl halides is 4. The van der Waals surface area contributed by atoms with Crippen molar-refractivity contribution >= 4 is 12.0 Å². The predicted molar refractivity (Wildman–Crippen MR) is 211 cm³/mol. The fourth-order valence-corrected chi connectivity index (χ4v) is 11.3. The number of anilines is 2. The van der Waals surface area contributed by atoms with Gasteiger partial charge in [0.15, 0.2) is 0 Å². The molecule has 0 radical (unpaired) electrons. The van der Waals surface area contributed by atoms with Gasteiger partial charge in [0.2, 0.25) is 0 Å². The van der Waals surface area contributed by atoms with Crippen molar-refractivity contribution in [1.29, 1.82) is 0 Å². The summed E-state index contributed by atoms with van der Waals surface area (Å²) in [5.74, 6) is 1.25. The fraction of sp³-hybridized carbons (Fsp3) is 0.591. The first-order valence-electron chi connectivity index (χ1n) is 21.1. The van der Waals surface area contributed by atoms with Gasteiger partial charge in [0.1, 0.15) is 24.0 Å². The Bertz CT molecular complexity index is 1770. The van der Waals surface area contributed by atoms with Gasteiger partial charge in [-0.1, -0.05) is 36.4 Å². The minimum Gasteiger partial charge on any atom is -0.435 e. The molecule has 0 N–H and O–H groups in total. The second-order valence-corrected chi connectivity index (χ2v) is 17.6. The Morgan fingerprint density at radius 2 is 0.966 bits per heavy atom. The zero-order valence-electron chi connectivity index (χ0n) is 32.9. The van der Waals surface area contributed by atoms with Crippen molar-refractivity contribution in [3.8, 4) is 11.5 Å². The molecule has 2 saturated carbocycles. The number of ether oxygens (including phenoxy) is 2. The molecule has 58 heavy (non-hydrogen) atoms. The van der Waals surface area contributed by atoms with Crippen molar-refractivity contribution in [2.75, 3.05) is 62.2 Å². The number of hydrogen-bond donors (Lipinski definition) is 0. The molecule has 2 aromatic heterocycles. The van der Waals surface area contributed by atoms with Gasteiger partial charge in [-0.05, 0) is 125 Å². The lowest BCUT2D eigenvalue weighted by Crippen LogP contribution is -2.56. The number of rotatable bonds is 10. The van der Waals surface area contributed by atoms with Crippen LogP contribution in [0.25, 0.3) is 0 Å². The summed E-state index contributed by atoms with van der Waals surface area (Å²) in [6.07, 6.45) is 18.1. The summed E-state index contributed by atoms with van der Waals surface area (Å²) in [5, 5.41) is 0. The first kappa shape index (κ1) is 39.2. The van der Waals surface area contributed by atoms with E-state index in [0.717, 1.165) is 101 Å². The van der Waals surface area contributed by atoms with Crippen LogP contribution in [0.2, 0.25) is 0 Å². The largest absolute Gasteiger partial charge is 0.435 e. The van der Waals surface area contributed by atoms with Crippen molar-refractivity contribution in [2.45, 2.75) is 101 Å². The van der Waals surface area contributed by atoms with Gasteiger partial charge in [-0.25, -0.2) is 9.97 Å². The maximum atomic E-state index is 12.7. The molecule has 10 rings (SSSR count). The third-order valence-corrected chi connectivity index (χ3v) is 14.1. The third kappa shape index (κ3) is 8.41. The van der Waals surface area contributed by atoms with Crippen molar-refractivity contribution < 1.29 is 35.9 Å². The Labute approximate surface area is 337 Å². The number of piperidine rings is 2. The highest BCUT2D eigenvalue weighted by molar-refractivity contribution is 5.38. The quantitative estimate of drug-likeness (QED) is 0.145. The molecular formula is C44H54F4N6O4. The topological polar surface area (TPSA) is 83.5 Å². The fourth-order valence-electron chi connectivity index (χ4n) is 11.3. The van der Waals surface area contributed by atoms with E-state index < -0.39 is 13.2 Å². The Hall–Kier alpha value is -4.30. The summed E-state index contributed by atoms with van der Waals surface area (Å²) < 4.78 is 71.2. The Balaban J connectivity index is 0.000000150. The van der Waals surface area contributed by atoms with E-state index in [1.165, 1.54) is 38.5 Å². The zero-order chi connectivity index (χ0) is 39.7. The molecule has 10 nitrogen and oxygen atoms in total. The van der Waals surface area contributed by atoms with Crippen molar-refractivity contribution in [1.82, 2.24) is 19.8 Å². The second-order valence-electron chi connectivity index (χ2n) is 17.6. The van der Waals surface area contributed by atoms with Crippen LogP contribution in [0.5, 0.6) is 11.5 Å². The maximum absolute atomic E-state index is 12.7. The molecule has 2 atom stereocenters.